The lowest BCUT2D eigenvalue weighted by Crippen LogP contribution is -2.13. The third kappa shape index (κ3) is 2.55. The summed E-state index contributed by atoms with van der Waals surface area (Å²) in [6, 6.07) is 11.5. The molecule has 0 amide bonds. The Kier molecular flexibility index (Phi) is 3.50. The molecule has 0 bridgehead atoms. The van der Waals surface area contributed by atoms with Gasteiger partial charge in [-0.25, -0.2) is 4.98 Å². The van der Waals surface area contributed by atoms with E-state index >= 15 is 0 Å². The van der Waals surface area contributed by atoms with Crippen LogP contribution in [0.4, 0.5) is 0 Å². The van der Waals surface area contributed by atoms with Crippen molar-refractivity contribution in [1.29, 1.82) is 0 Å². The highest BCUT2D eigenvalue weighted by Crippen LogP contribution is 2.30. The zero-order valence-electron chi connectivity index (χ0n) is 11.4. The van der Waals surface area contributed by atoms with Crippen LogP contribution in [0.1, 0.15) is 11.1 Å². The number of thiocarbonyl (C=S) groups is 1. The van der Waals surface area contributed by atoms with Crippen LogP contribution in [0.5, 0.6) is 11.6 Å². The van der Waals surface area contributed by atoms with E-state index in [2.05, 4.69) is 9.97 Å². The largest absolute Gasteiger partial charge is 0.436 e. The molecule has 5 heteroatoms. The van der Waals surface area contributed by atoms with Crippen LogP contribution in [-0.2, 0) is 0 Å². The Morgan fingerprint density at radius 3 is 2.71 bits per heavy atom. The number of rotatable bonds is 3. The number of hydrogen-bond acceptors (Lipinski definition) is 4. The summed E-state index contributed by atoms with van der Waals surface area (Å²) in [4.78, 5) is 8.87. The van der Waals surface area contributed by atoms with Crippen LogP contribution in [0, 0.1) is 6.92 Å². The smallest absolute Gasteiger partial charge is 0.229 e. The van der Waals surface area contributed by atoms with Crippen molar-refractivity contribution in [2.24, 2.45) is 5.73 Å². The Hall–Kier alpha value is -2.53. The predicted octanol–water partition coefficient (Wildman–Crippen LogP) is 3.36. The summed E-state index contributed by atoms with van der Waals surface area (Å²) in [6.45, 7) is 1.92. The second-order valence-electron chi connectivity index (χ2n) is 4.61. The van der Waals surface area contributed by atoms with Crippen LogP contribution in [0.25, 0.3) is 10.9 Å². The fraction of sp³-hybridized carbons (Fsp3) is 0.0625. The van der Waals surface area contributed by atoms with Gasteiger partial charge in [-0.3, -0.25) is 4.98 Å². The summed E-state index contributed by atoms with van der Waals surface area (Å²) in [7, 11) is 0. The lowest BCUT2D eigenvalue weighted by molar-refractivity contribution is 0.465. The molecule has 3 aromatic rings. The first-order chi connectivity index (χ1) is 10.2. The highest BCUT2D eigenvalue weighted by molar-refractivity contribution is 7.80. The lowest BCUT2D eigenvalue weighted by atomic mass is 10.1. The van der Waals surface area contributed by atoms with Crippen LogP contribution in [0.2, 0.25) is 0 Å². The highest BCUT2D eigenvalue weighted by Gasteiger charge is 2.13. The van der Waals surface area contributed by atoms with E-state index in [1.807, 2.05) is 43.3 Å². The number of hydrogen-bond donors (Lipinski definition) is 1. The Morgan fingerprint density at radius 1 is 1.10 bits per heavy atom. The molecule has 0 saturated carbocycles. The average molecular weight is 295 g/mol. The molecule has 0 aliphatic rings. The molecule has 1 aromatic carbocycles. The number of nitrogens with two attached hydrogens (primary N) is 1. The summed E-state index contributed by atoms with van der Waals surface area (Å²) in [5, 5.41) is 1.000. The zero-order chi connectivity index (χ0) is 14.8. The molecule has 0 aliphatic heterocycles. The third-order valence-corrected chi connectivity index (χ3v) is 3.38. The number of fused-ring (bicyclic) bond motifs is 1. The van der Waals surface area contributed by atoms with Crippen molar-refractivity contribution in [3.05, 3.63) is 59.9 Å². The average Bonchev–Trinajstić information content (AvgIpc) is 2.47. The van der Waals surface area contributed by atoms with Crippen molar-refractivity contribution < 1.29 is 4.74 Å². The maximum atomic E-state index is 5.92. The Balaban J connectivity index is 2.12. The molecule has 2 aromatic heterocycles. The molecular formula is C16H13N3OS. The van der Waals surface area contributed by atoms with Gasteiger partial charge in [-0.1, -0.05) is 30.4 Å². The van der Waals surface area contributed by atoms with Crippen molar-refractivity contribution in [2.45, 2.75) is 6.92 Å². The van der Waals surface area contributed by atoms with Crippen LogP contribution in [0.15, 0.2) is 48.8 Å². The molecule has 0 aliphatic carbocycles. The van der Waals surface area contributed by atoms with Gasteiger partial charge in [0.15, 0.2) is 5.75 Å². The van der Waals surface area contributed by atoms with Gasteiger partial charge in [0.05, 0.1) is 5.56 Å². The second-order valence-corrected chi connectivity index (χ2v) is 5.05. The van der Waals surface area contributed by atoms with E-state index in [0.29, 0.717) is 17.2 Å². The van der Waals surface area contributed by atoms with Crippen molar-refractivity contribution in [3.63, 3.8) is 0 Å². The molecule has 0 unspecified atom stereocenters. The minimum Gasteiger partial charge on any atom is -0.436 e. The van der Waals surface area contributed by atoms with Gasteiger partial charge in [-0.05, 0) is 30.7 Å². The van der Waals surface area contributed by atoms with Gasteiger partial charge in [0, 0.05) is 17.8 Å². The van der Waals surface area contributed by atoms with Crippen molar-refractivity contribution in [3.8, 4) is 11.6 Å². The number of aromatic nitrogens is 2. The third-order valence-electron chi connectivity index (χ3n) is 3.17. The van der Waals surface area contributed by atoms with Crippen LogP contribution < -0.4 is 10.5 Å². The van der Waals surface area contributed by atoms with E-state index in [-0.39, 0.29) is 4.99 Å². The van der Waals surface area contributed by atoms with Gasteiger partial charge >= 0.3 is 0 Å². The summed E-state index contributed by atoms with van der Waals surface area (Å²) in [5.74, 6) is 1.03. The number of para-hydroxylation sites is 1. The molecule has 21 heavy (non-hydrogen) atoms. The molecule has 4 nitrogen and oxygen atoms in total. The maximum absolute atomic E-state index is 5.92. The molecule has 0 radical (unpaired) electrons. The first-order valence-electron chi connectivity index (χ1n) is 6.44. The van der Waals surface area contributed by atoms with Gasteiger partial charge < -0.3 is 10.5 Å². The minimum absolute atomic E-state index is 0.267. The molecule has 2 N–H and O–H groups in total. The standard InChI is InChI=1S/C16H13N3OS/c1-10-7-9-19-16(13(10)15(17)21)20-12-6-2-4-11-5-3-8-18-14(11)12/h2-9H,1H3,(H2,17,21). The van der Waals surface area contributed by atoms with Gasteiger partial charge in [0.25, 0.3) is 0 Å². The topological polar surface area (TPSA) is 61.0 Å². The molecule has 3 rings (SSSR count). The Labute approximate surface area is 127 Å². The first kappa shape index (κ1) is 13.5. The van der Waals surface area contributed by atoms with E-state index in [9.17, 15) is 0 Å². The molecule has 0 saturated heterocycles. The first-order valence-corrected chi connectivity index (χ1v) is 6.84. The summed E-state index contributed by atoms with van der Waals surface area (Å²) < 4.78 is 5.92. The van der Waals surface area contributed by atoms with Crippen LogP contribution >= 0.6 is 12.2 Å². The fourth-order valence-corrected chi connectivity index (χ4v) is 2.42. The van der Waals surface area contributed by atoms with Gasteiger partial charge in [0.1, 0.15) is 10.5 Å². The number of ether oxygens (including phenoxy) is 1. The number of aryl methyl sites for hydroxylation is 1. The Morgan fingerprint density at radius 2 is 1.90 bits per heavy atom. The van der Waals surface area contributed by atoms with Crippen LogP contribution in [-0.4, -0.2) is 15.0 Å². The van der Waals surface area contributed by atoms with Crippen molar-refractivity contribution in [2.75, 3.05) is 0 Å². The molecule has 2 heterocycles. The van der Waals surface area contributed by atoms with Crippen LogP contribution in [0.3, 0.4) is 0 Å². The van der Waals surface area contributed by atoms with E-state index in [1.54, 1.807) is 12.4 Å². The lowest BCUT2D eigenvalue weighted by Gasteiger charge is -2.12. The molecule has 0 atom stereocenters. The summed E-state index contributed by atoms with van der Waals surface area (Å²) >= 11 is 5.09. The summed E-state index contributed by atoms with van der Waals surface area (Å²) in [6.07, 6.45) is 3.40. The predicted molar refractivity (Wildman–Crippen MR) is 86.7 cm³/mol. The maximum Gasteiger partial charge on any atom is 0.229 e. The van der Waals surface area contributed by atoms with Gasteiger partial charge in [-0.15, -0.1) is 0 Å². The van der Waals surface area contributed by atoms with E-state index in [4.69, 9.17) is 22.7 Å². The number of benzene rings is 1. The van der Waals surface area contributed by atoms with E-state index < -0.39 is 0 Å². The molecular weight excluding hydrogens is 282 g/mol. The Bertz CT molecular complexity index is 827. The quantitative estimate of drug-likeness (QED) is 0.751. The molecule has 0 fully saturated rings. The molecule has 104 valence electrons. The fourth-order valence-electron chi connectivity index (χ4n) is 2.17. The monoisotopic (exact) mass is 295 g/mol. The van der Waals surface area contributed by atoms with Gasteiger partial charge in [0.2, 0.25) is 5.88 Å². The normalized spacial score (nSPS) is 10.5. The van der Waals surface area contributed by atoms with Crippen molar-refractivity contribution in [1.82, 2.24) is 9.97 Å². The SMILES string of the molecule is Cc1ccnc(Oc2cccc3cccnc23)c1C(N)=S. The number of pyridine rings is 2. The second kappa shape index (κ2) is 5.46. The van der Waals surface area contributed by atoms with Crippen molar-refractivity contribution >= 4 is 28.1 Å². The van der Waals surface area contributed by atoms with E-state index in [0.717, 1.165) is 16.5 Å². The van der Waals surface area contributed by atoms with E-state index in [1.165, 1.54) is 0 Å². The minimum atomic E-state index is 0.267. The highest BCUT2D eigenvalue weighted by atomic mass is 32.1. The van der Waals surface area contributed by atoms with Gasteiger partial charge in [-0.2, -0.15) is 0 Å². The summed E-state index contributed by atoms with van der Waals surface area (Å²) in [5.41, 5.74) is 8.14. The molecule has 0 spiro atoms. The number of nitrogens with zero attached hydrogens (tertiary/aromatic N) is 2. The zero-order valence-corrected chi connectivity index (χ0v) is 12.2.